The minimum atomic E-state index is -0.438. The molecule has 6 nitrogen and oxygen atoms in total. The Hall–Kier alpha value is -3.02. The molecule has 0 fully saturated rings. The Morgan fingerprint density at radius 1 is 1.04 bits per heavy atom. The number of amides is 1. The molecule has 0 aliphatic carbocycles. The number of nitrogens with one attached hydrogen (secondary N) is 1. The van der Waals surface area contributed by atoms with Crippen molar-refractivity contribution in [3.8, 4) is 11.5 Å². The summed E-state index contributed by atoms with van der Waals surface area (Å²) in [6.45, 7) is 4.74. The van der Waals surface area contributed by atoms with Crippen molar-refractivity contribution in [3.05, 3.63) is 53.6 Å². The normalized spacial score (nSPS) is 10.2. The van der Waals surface area contributed by atoms with E-state index in [1.807, 2.05) is 38.1 Å². The molecule has 1 amide bonds. The molecule has 2 aromatic rings. The van der Waals surface area contributed by atoms with Crippen molar-refractivity contribution < 1.29 is 23.8 Å². The highest BCUT2D eigenvalue weighted by Crippen LogP contribution is 2.26. The molecule has 1 N–H and O–H groups in total. The average molecular weight is 371 g/mol. The number of rotatable bonds is 9. The van der Waals surface area contributed by atoms with E-state index >= 15 is 0 Å². The first-order valence-electron chi connectivity index (χ1n) is 8.88. The van der Waals surface area contributed by atoms with Gasteiger partial charge in [-0.2, -0.15) is 0 Å². The Balaban J connectivity index is 1.84. The summed E-state index contributed by atoms with van der Waals surface area (Å²) in [6.07, 6.45) is 0.862. The minimum absolute atomic E-state index is 0.137. The summed E-state index contributed by atoms with van der Waals surface area (Å²) in [5.41, 5.74) is 1.87. The molecule has 144 valence electrons. The third-order valence-corrected chi connectivity index (χ3v) is 3.89. The summed E-state index contributed by atoms with van der Waals surface area (Å²) < 4.78 is 15.9. The fourth-order valence-corrected chi connectivity index (χ4v) is 2.47. The number of esters is 1. The maximum absolute atomic E-state index is 12.2. The molecule has 0 radical (unpaired) electrons. The van der Waals surface area contributed by atoms with Crippen LogP contribution in [0.1, 0.15) is 35.7 Å². The van der Waals surface area contributed by atoms with Crippen LogP contribution >= 0.6 is 0 Å². The van der Waals surface area contributed by atoms with Crippen LogP contribution in [0.2, 0.25) is 0 Å². The fourth-order valence-electron chi connectivity index (χ4n) is 2.47. The number of hydrogen-bond donors (Lipinski definition) is 1. The van der Waals surface area contributed by atoms with Gasteiger partial charge in [-0.25, -0.2) is 4.79 Å². The molecule has 27 heavy (non-hydrogen) atoms. The molecular formula is C21H25NO5. The molecule has 0 spiro atoms. The average Bonchev–Trinajstić information content (AvgIpc) is 2.67. The van der Waals surface area contributed by atoms with Crippen molar-refractivity contribution in [2.45, 2.75) is 26.7 Å². The van der Waals surface area contributed by atoms with E-state index in [9.17, 15) is 9.59 Å². The number of ether oxygens (including phenoxy) is 3. The predicted octanol–water partition coefficient (Wildman–Crippen LogP) is 3.98. The van der Waals surface area contributed by atoms with Crippen molar-refractivity contribution in [3.63, 3.8) is 0 Å². The number of para-hydroxylation sites is 2. The Morgan fingerprint density at radius 2 is 1.74 bits per heavy atom. The van der Waals surface area contributed by atoms with Crippen LogP contribution in [-0.4, -0.2) is 32.2 Å². The molecule has 2 rings (SSSR count). The Morgan fingerprint density at radius 3 is 2.41 bits per heavy atom. The van der Waals surface area contributed by atoms with Crippen molar-refractivity contribution in [2.24, 2.45) is 0 Å². The van der Waals surface area contributed by atoms with Gasteiger partial charge in [0.25, 0.3) is 0 Å². The molecule has 0 saturated heterocycles. The smallest absolute Gasteiger partial charge is 0.337 e. The molecule has 6 heteroatoms. The topological polar surface area (TPSA) is 73.9 Å². The van der Waals surface area contributed by atoms with Crippen LogP contribution in [0, 0.1) is 6.92 Å². The van der Waals surface area contributed by atoms with Gasteiger partial charge in [0.05, 0.1) is 25.9 Å². The van der Waals surface area contributed by atoms with E-state index in [0.29, 0.717) is 48.8 Å². The second-order valence-electron chi connectivity index (χ2n) is 5.90. The largest absolute Gasteiger partial charge is 0.490 e. The molecule has 0 aromatic heterocycles. The van der Waals surface area contributed by atoms with Crippen molar-refractivity contribution in [1.29, 1.82) is 0 Å². The van der Waals surface area contributed by atoms with Gasteiger partial charge in [-0.15, -0.1) is 0 Å². The first kappa shape index (κ1) is 20.3. The SMILES string of the molecule is CCOc1ccccc1OCCCC(=O)Nc1cc(C(=O)OC)ccc1C. The molecule has 0 unspecified atom stereocenters. The summed E-state index contributed by atoms with van der Waals surface area (Å²) >= 11 is 0. The maximum atomic E-state index is 12.2. The summed E-state index contributed by atoms with van der Waals surface area (Å²) in [4.78, 5) is 23.8. The fraction of sp³-hybridized carbons (Fsp3) is 0.333. The molecule has 0 heterocycles. The lowest BCUT2D eigenvalue weighted by Gasteiger charge is -2.12. The van der Waals surface area contributed by atoms with Crippen molar-refractivity contribution in [1.82, 2.24) is 0 Å². The van der Waals surface area contributed by atoms with Crippen LogP contribution in [-0.2, 0) is 9.53 Å². The van der Waals surface area contributed by atoms with Gasteiger partial charge in [-0.05, 0) is 50.1 Å². The number of carbonyl (C=O) groups is 2. The number of methoxy groups -OCH3 is 1. The monoisotopic (exact) mass is 371 g/mol. The van der Waals surface area contributed by atoms with Crippen LogP contribution in [0.25, 0.3) is 0 Å². The highest BCUT2D eigenvalue weighted by Gasteiger charge is 2.11. The molecule has 2 aromatic carbocycles. The van der Waals surface area contributed by atoms with Gasteiger partial charge < -0.3 is 19.5 Å². The lowest BCUT2D eigenvalue weighted by atomic mass is 10.1. The standard InChI is InChI=1S/C21H25NO5/c1-4-26-18-8-5-6-9-19(18)27-13-7-10-20(23)22-17-14-16(21(24)25-3)12-11-15(17)2/h5-6,8-9,11-12,14H,4,7,10,13H2,1-3H3,(H,22,23). The number of aryl methyl sites for hydroxylation is 1. The van der Waals surface area contributed by atoms with E-state index in [4.69, 9.17) is 14.2 Å². The van der Waals surface area contributed by atoms with E-state index in [-0.39, 0.29) is 5.91 Å². The third-order valence-electron chi connectivity index (χ3n) is 3.89. The van der Waals surface area contributed by atoms with Gasteiger partial charge in [-0.3, -0.25) is 4.79 Å². The van der Waals surface area contributed by atoms with Crippen LogP contribution in [0.3, 0.4) is 0 Å². The minimum Gasteiger partial charge on any atom is -0.490 e. The summed E-state index contributed by atoms with van der Waals surface area (Å²) in [6, 6.07) is 12.5. The van der Waals surface area contributed by atoms with Crippen LogP contribution in [0.5, 0.6) is 11.5 Å². The van der Waals surface area contributed by atoms with Crippen LogP contribution in [0.15, 0.2) is 42.5 Å². The second kappa shape index (κ2) is 10.2. The second-order valence-corrected chi connectivity index (χ2v) is 5.90. The van der Waals surface area contributed by atoms with E-state index in [0.717, 1.165) is 5.56 Å². The van der Waals surface area contributed by atoms with E-state index in [2.05, 4.69) is 5.32 Å². The molecule has 0 saturated carbocycles. The predicted molar refractivity (Wildman–Crippen MR) is 103 cm³/mol. The zero-order valence-corrected chi connectivity index (χ0v) is 15.9. The molecule has 0 atom stereocenters. The molecule has 0 bridgehead atoms. The van der Waals surface area contributed by atoms with Crippen LogP contribution in [0.4, 0.5) is 5.69 Å². The highest BCUT2D eigenvalue weighted by atomic mass is 16.5. The number of anilines is 1. The quantitative estimate of drug-likeness (QED) is 0.533. The first-order valence-corrected chi connectivity index (χ1v) is 8.88. The molecular weight excluding hydrogens is 346 g/mol. The maximum Gasteiger partial charge on any atom is 0.337 e. The highest BCUT2D eigenvalue weighted by molar-refractivity contribution is 5.95. The molecule has 0 aliphatic rings. The van der Waals surface area contributed by atoms with Crippen molar-refractivity contribution >= 4 is 17.6 Å². The van der Waals surface area contributed by atoms with Gasteiger partial charge in [0, 0.05) is 12.1 Å². The summed E-state index contributed by atoms with van der Waals surface area (Å²) in [7, 11) is 1.32. The van der Waals surface area contributed by atoms with Crippen LogP contribution < -0.4 is 14.8 Å². The summed E-state index contributed by atoms with van der Waals surface area (Å²) in [5, 5.41) is 2.83. The number of benzene rings is 2. The molecule has 0 aliphatic heterocycles. The number of carbonyl (C=O) groups excluding carboxylic acids is 2. The Labute approximate surface area is 159 Å². The van der Waals surface area contributed by atoms with Gasteiger partial charge in [0.2, 0.25) is 5.91 Å². The van der Waals surface area contributed by atoms with E-state index in [1.54, 1.807) is 18.2 Å². The zero-order chi connectivity index (χ0) is 19.6. The lowest BCUT2D eigenvalue weighted by molar-refractivity contribution is -0.116. The van der Waals surface area contributed by atoms with E-state index in [1.165, 1.54) is 7.11 Å². The van der Waals surface area contributed by atoms with Gasteiger partial charge in [0.1, 0.15) is 0 Å². The first-order chi connectivity index (χ1) is 13.0. The Bertz CT molecular complexity index is 788. The summed E-state index contributed by atoms with van der Waals surface area (Å²) in [5.74, 6) is 0.787. The van der Waals surface area contributed by atoms with Gasteiger partial charge in [-0.1, -0.05) is 18.2 Å². The zero-order valence-electron chi connectivity index (χ0n) is 15.9. The van der Waals surface area contributed by atoms with Gasteiger partial charge >= 0.3 is 5.97 Å². The third kappa shape index (κ3) is 6.02. The van der Waals surface area contributed by atoms with Crippen molar-refractivity contribution in [2.75, 3.05) is 25.6 Å². The van der Waals surface area contributed by atoms with E-state index < -0.39 is 5.97 Å². The Kier molecular flexibility index (Phi) is 7.67. The number of hydrogen-bond acceptors (Lipinski definition) is 5. The lowest BCUT2D eigenvalue weighted by Crippen LogP contribution is -2.14. The van der Waals surface area contributed by atoms with Gasteiger partial charge in [0.15, 0.2) is 11.5 Å².